The van der Waals surface area contributed by atoms with Gasteiger partial charge >= 0.3 is 5.97 Å². The summed E-state index contributed by atoms with van der Waals surface area (Å²) in [4.78, 5) is 15.2. The maximum Gasteiger partial charge on any atom is 0.335 e. The average molecular weight is 267 g/mol. The Bertz CT molecular complexity index is 662. The summed E-state index contributed by atoms with van der Waals surface area (Å²) in [6.07, 6.45) is 2.15. The molecule has 20 heavy (non-hydrogen) atoms. The zero-order chi connectivity index (χ0) is 14.4. The Balaban J connectivity index is 2.04. The van der Waals surface area contributed by atoms with Crippen LogP contribution >= 0.6 is 0 Å². The van der Waals surface area contributed by atoms with Crippen molar-refractivity contribution in [3.63, 3.8) is 0 Å². The largest absolute Gasteiger partial charge is 0.478 e. The second kappa shape index (κ2) is 6.34. The maximum atomic E-state index is 11.1. The van der Waals surface area contributed by atoms with Crippen molar-refractivity contribution in [2.75, 3.05) is 11.9 Å². The Morgan fingerprint density at radius 3 is 2.85 bits per heavy atom. The fraction of sp³-hybridized carbons (Fsp3) is 0.133. The number of pyridine rings is 1. The molecular formula is C15H13N3O2. The number of nitrogens with one attached hydrogen (secondary N) is 1. The highest BCUT2D eigenvalue weighted by molar-refractivity contribution is 5.89. The van der Waals surface area contributed by atoms with Crippen LogP contribution in [0.4, 0.5) is 5.82 Å². The fourth-order valence-corrected chi connectivity index (χ4v) is 1.90. The number of carboxylic acids is 1. The number of rotatable bonds is 5. The highest BCUT2D eigenvalue weighted by atomic mass is 16.4. The van der Waals surface area contributed by atoms with Crippen molar-refractivity contribution in [2.45, 2.75) is 6.42 Å². The first-order valence-electron chi connectivity index (χ1n) is 6.12. The molecule has 100 valence electrons. The van der Waals surface area contributed by atoms with Gasteiger partial charge in [-0.05, 0) is 30.2 Å². The first kappa shape index (κ1) is 13.6. The van der Waals surface area contributed by atoms with Crippen molar-refractivity contribution in [1.82, 2.24) is 4.98 Å². The molecule has 0 spiro atoms. The van der Waals surface area contributed by atoms with Crippen molar-refractivity contribution in [3.8, 4) is 6.07 Å². The molecular weight excluding hydrogens is 254 g/mol. The Morgan fingerprint density at radius 1 is 1.30 bits per heavy atom. The number of carbonyl (C=O) groups is 1. The van der Waals surface area contributed by atoms with E-state index in [1.54, 1.807) is 36.5 Å². The van der Waals surface area contributed by atoms with E-state index in [-0.39, 0.29) is 0 Å². The number of aromatic nitrogens is 1. The minimum Gasteiger partial charge on any atom is -0.478 e. The van der Waals surface area contributed by atoms with Crippen molar-refractivity contribution >= 4 is 11.8 Å². The summed E-state index contributed by atoms with van der Waals surface area (Å²) in [5.41, 5.74) is 1.52. The number of aromatic carboxylic acids is 1. The zero-order valence-corrected chi connectivity index (χ0v) is 10.7. The van der Waals surface area contributed by atoms with Crippen LogP contribution in [0.1, 0.15) is 21.5 Å². The molecule has 0 aliphatic heterocycles. The maximum absolute atomic E-state index is 11.1. The van der Waals surface area contributed by atoms with E-state index in [4.69, 9.17) is 10.4 Å². The van der Waals surface area contributed by atoms with Gasteiger partial charge in [0.15, 0.2) is 0 Å². The minimum absolute atomic E-state index is 0.302. The molecule has 0 aliphatic carbocycles. The molecule has 2 rings (SSSR count). The summed E-state index contributed by atoms with van der Waals surface area (Å²) >= 11 is 0. The van der Waals surface area contributed by atoms with Gasteiger partial charge in [0.1, 0.15) is 11.9 Å². The molecule has 0 amide bonds. The summed E-state index contributed by atoms with van der Waals surface area (Å²) in [5.74, 6) is -0.418. The van der Waals surface area contributed by atoms with Gasteiger partial charge in [0, 0.05) is 12.7 Å². The molecule has 5 heteroatoms. The number of nitrogens with zero attached hydrogens (tertiary/aromatic N) is 2. The normalized spacial score (nSPS) is 9.75. The molecule has 0 aliphatic rings. The predicted octanol–water partition coefficient (Wildman–Crippen LogP) is 2.31. The van der Waals surface area contributed by atoms with E-state index in [1.807, 2.05) is 6.07 Å². The molecule has 1 heterocycles. The van der Waals surface area contributed by atoms with Gasteiger partial charge in [-0.2, -0.15) is 5.26 Å². The van der Waals surface area contributed by atoms with Crippen LogP contribution in [-0.4, -0.2) is 22.6 Å². The van der Waals surface area contributed by atoms with E-state index in [0.29, 0.717) is 29.9 Å². The summed E-state index contributed by atoms with van der Waals surface area (Å²) < 4.78 is 0. The highest BCUT2D eigenvalue weighted by Crippen LogP contribution is 2.12. The van der Waals surface area contributed by atoms with E-state index < -0.39 is 5.97 Å². The van der Waals surface area contributed by atoms with E-state index in [9.17, 15) is 4.79 Å². The van der Waals surface area contributed by atoms with Crippen LogP contribution in [0.2, 0.25) is 0 Å². The fourth-order valence-electron chi connectivity index (χ4n) is 1.90. The second-order valence-corrected chi connectivity index (χ2v) is 4.15. The molecule has 0 radical (unpaired) electrons. The zero-order valence-electron chi connectivity index (χ0n) is 10.7. The lowest BCUT2D eigenvalue weighted by Crippen LogP contribution is -2.10. The summed E-state index contributed by atoms with van der Waals surface area (Å²) in [5, 5.41) is 21.1. The molecule has 0 unspecified atom stereocenters. The standard InChI is InChI=1S/C15H13N3O2/c16-10-12-5-3-8-17-14(12)18-9-7-11-4-1-2-6-13(11)15(19)20/h1-6,8H,7,9H2,(H,17,18)(H,19,20). The highest BCUT2D eigenvalue weighted by Gasteiger charge is 2.08. The van der Waals surface area contributed by atoms with Gasteiger partial charge in [-0.25, -0.2) is 9.78 Å². The Morgan fingerprint density at radius 2 is 2.10 bits per heavy atom. The van der Waals surface area contributed by atoms with Gasteiger partial charge in [0.05, 0.1) is 11.1 Å². The van der Waals surface area contributed by atoms with Crippen molar-refractivity contribution in [1.29, 1.82) is 5.26 Å². The Hall–Kier alpha value is -2.87. The van der Waals surface area contributed by atoms with Crippen LogP contribution in [0, 0.1) is 11.3 Å². The third-order valence-electron chi connectivity index (χ3n) is 2.86. The van der Waals surface area contributed by atoms with Gasteiger partial charge in [-0.3, -0.25) is 0 Å². The molecule has 2 aromatic rings. The number of nitriles is 1. The van der Waals surface area contributed by atoms with Crippen LogP contribution in [0.25, 0.3) is 0 Å². The van der Waals surface area contributed by atoms with Crippen molar-refractivity contribution in [2.24, 2.45) is 0 Å². The summed E-state index contributed by atoms with van der Waals surface area (Å²) in [7, 11) is 0. The van der Waals surface area contributed by atoms with Crippen LogP contribution in [0.5, 0.6) is 0 Å². The van der Waals surface area contributed by atoms with E-state index >= 15 is 0 Å². The topological polar surface area (TPSA) is 86.0 Å². The number of anilines is 1. The SMILES string of the molecule is N#Cc1cccnc1NCCc1ccccc1C(=O)O. The van der Waals surface area contributed by atoms with Gasteiger partial charge < -0.3 is 10.4 Å². The van der Waals surface area contributed by atoms with Gasteiger partial charge in [0.2, 0.25) is 0 Å². The van der Waals surface area contributed by atoms with Crippen molar-refractivity contribution in [3.05, 3.63) is 59.3 Å². The minimum atomic E-state index is -0.934. The van der Waals surface area contributed by atoms with Gasteiger partial charge in [0.25, 0.3) is 0 Å². The quantitative estimate of drug-likeness (QED) is 0.868. The van der Waals surface area contributed by atoms with Gasteiger partial charge in [-0.1, -0.05) is 18.2 Å². The Labute approximate surface area is 116 Å². The molecule has 0 bridgehead atoms. The third-order valence-corrected chi connectivity index (χ3v) is 2.86. The number of hydrogen-bond acceptors (Lipinski definition) is 4. The molecule has 0 atom stereocenters. The lowest BCUT2D eigenvalue weighted by Gasteiger charge is -2.08. The van der Waals surface area contributed by atoms with Crippen LogP contribution < -0.4 is 5.32 Å². The summed E-state index contributed by atoms with van der Waals surface area (Å²) in [6, 6.07) is 12.3. The monoisotopic (exact) mass is 267 g/mol. The number of hydrogen-bond donors (Lipinski definition) is 2. The molecule has 5 nitrogen and oxygen atoms in total. The molecule has 1 aromatic heterocycles. The number of carboxylic acid groups (broad SMARTS) is 1. The summed E-state index contributed by atoms with van der Waals surface area (Å²) in [6.45, 7) is 0.510. The smallest absolute Gasteiger partial charge is 0.335 e. The molecule has 0 saturated carbocycles. The van der Waals surface area contributed by atoms with E-state index in [2.05, 4.69) is 16.4 Å². The lowest BCUT2D eigenvalue weighted by atomic mass is 10.0. The van der Waals surface area contributed by atoms with Crippen LogP contribution in [-0.2, 0) is 6.42 Å². The molecule has 0 fully saturated rings. The predicted molar refractivity (Wildman–Crippen MR) is 74.5 cm³/mol. The Kier molecular flexibility index (Phi) is 4.30. The first-order valence-corrected chi connectivity index (χ1v) is 6.12. The first-order chi connectivity index (χ1) is 9.72. The average Bonchev–Trinajstić information content (AvgIpc) is 2.48. The van der Waals surface area contributed by atoms with Gasteiger partial charge in [-0.15, -0.1) is 0 Å². The number of benzene rings is 1. The van der Waals surface area contributed by atoms with Crippen molar-refractivity contribution < 1.29 is 9.90 Å². The third kappa shape index (κ3) is 3.12. The molecule has 1 aromatic carbocycles. The van der Waals surface area contributed by atoms with E-state index in [0.717, 1.165) is 5.56 Å². The molecule has 2 N–H and O–H groups in total. The van der Waals surface area contributed by atoms with Crippen LogP contribution in [0.15, 0.2) is 42.6 Å². The lowest BCUT2D eigenvalue weighted by molar-refractivity contribution is 0.0695. The van der Waals surface area contributed by atoms with E-state index in [1.165, 1.54) is 0 Å². The second-order valence-electron chi connectivity index (χ2n) is 4.15. The van der Waals surface area contributed by atoms with Crippen LogP contribution in [0.3, 0.4) is 0 Å². The molecule has 0 saturated heterocycles.